The molecule has 1 aromatic carbocycles. The molecule has 0 saturated heterocycles. The Labute approximate surface area is 133 Å². The molecule has 8 heteroatoms. The summed E-state index contributed by atoms with van der Waals surface area (Å²) in [5.41, 5.74) is 0.0260. The first-order valence-electron chi connectivity index (χ1n) is 7.00. The first-order chi connectivity index (χ1) is 11.0. The maximum atomic E-state index is 11.8. The number of benzene rings is 1. The van der Waals surface area contributed by atoms with Crippen molar-refractivity contribution in [2.45, 2.75) is 19.8 Å². The molecule has 1 amide bonds. The second-order valence-corrected chi connectivity index (χ2v) is 4.57. The van der Waals surface area contributed by atoms with Crippen molar-refractivity contribution >= 4 is 17.3 Å². The number of hydrogen-bond donors (Lipinski definition) is 2. The third-order valence-electron chi connectivity index (χ3n) is 2.95. The van der Waals surface area contributed by atoms with Crippen molar-refractivity contribution in [3.05, 3.63) is 40.1 Å². The molecule has 0 saturated carbocycles. The van der Waals surface area contributed by atoms with Crippen molar-refractivity contribution in [3.63, 3.8) is 0 Å². The molecule has 122 valence electrons. The number of nitrogens with zero attached hydrogens (tertiary/aromatic N) is 2. The molecule has 0 aliphatic carbocycles. The van der Waals surface area contributed by atoms with Crippen LogP contribution in [0.5, 0.6) is 5.75 Å². The van der Waals surface area contributed by atoms with Crippen LogP contribution in [0.25, 0.3) is 0 Å². The van der Waals surface area contributed by atoms with Gasteiger partial charge in [0.15, 0.2) is 0 Å². The number of nitriles is 1. The lowest BCUT2D eigenvalue weighted by Crippen LogP contribution is -2.25. The van der Waals surface area contributed by atoms with Crippen molar-refractivity contribution in [1.82, 2.24) is 5.32 Å². The molecule has 0 bridgehead atoms. The Bertz CT molecular complexity index is 649. The Morgan fingerprint density at radius 2 is 2.26 bits per heavy atom. The number of nitro benzene ring substituents is 1. The molecule has 0 aromatic heterocycles. The minimum atomic E-state index is -0.545. The highest BCUT2D eigenvalue weighted by Gasteiger charge is 2.12. The number of ether oxygens (including phenoxy) is 1. The van der Waals surface area contributed by atoms with Crippen LogP contribution in [0.3, 0.4) is 0 Å². The number of methoxy groups -OCH3 is 1. The second-order valence-electron chi connectivity index (χ2n) is 4.57. The lowest BCUT2D eigenvalue weighted by molar-refractivity contribution is -0.384. The number of rotatable bonds is 8. The molecule has 2 N–H and O–H groups in total. The first-order valence-corrected chi connectivity index (χ1v) is 7.00. The van der Waals surface area contributed by atoms with Crippen molar-refractivity contribution in [2.75, 3.05) is 19.0 Å². The molecule has 0 spiro atoms. The zero-order valence-electron chi connectivity index (χ0n) is 13.0. The van der Waals surface area contributed by atoms with Crippen LogP contribution in [0.15, 0.2) is 30.0 Å². The number of hydrogen-bond acceptors (Lipinski definition) is 6. The maximum absolute atomic E-state index is 11.8. The Hall–Kier alpha value is -3.08. The van der Waals surface area contributed by atoms with E-state index in [1.54, 1.807) is 6.07 Å². The lowest BCUT2D eigenvalue weighted by atomic mass is 10.2. The van der Waals surface area contributed by atoms with Crippen molar-refractivity contribution in [1.29, 1.82) is 5.26 Å². The third kappa shape index (κ3) is 5.32. The number of non-ortho nitro benzene ring substituents is 1. The van der Waals surface area contributed by atoms with Crippen molar-refractivity contribution in [2.24, 2.45) is 0 Å². The fourth-order valence-electron chi connectivity index (χ4n) is 1.69. The van der Waals surface area contributed by atoms with E-state index in [2.05, 4.69) is 10.6 Å². The highest BCUT2D eigenvalue weighted by atomic mass is 16.6. The fraction of sp³-hybridized carbons (Fsp3) is 0.333. The van der Waals surface area contributed by atoms with E-state index < -0.39 is 10.8 Å². The van der Waals surface area contributed by atoms with Crippen molar-refractivity contribution in [3.8, 4) is 11.8 Å². The normalized spacial score (nSPS) is 10.6. The van der Waals surface area contributed by atoms with Crippen LogP contribution < -0.4 is 15.4 Å². The third-order valence-corrected chi connectivity index (χ3v) is 2.95. The van der Waals surface area contributed by atoms with Crippen molar-refractivity contribution < 1.29 is 14.5 Å². The molecular formula is C15H18N4O4. The average molecular weight is 318 g/mol. The van der Waals surface area contributed by atoms with Gasteiger partial charge in [-0.1, -0.05) is 13.3 Å². The van der Waals surface area contributed by atoms with Crippen LogP contribution in [-0.2, 0) is 4.79 Å². The van der Waals surface area contributed by atoms with E-state index in [1.165, 1.54) is 31.5 Å². The highest BCUT2D eigenvalue weighted by molar-refractivity contribution is 5.97. The Kier molecular flexibility index (Phi) is 7.07. The molecule has 1 aromatic rings. The smallest absolute Gasteiger partial charge is 0.271 e. The van der Waals surface area contributed by atoms with Gasteiger partial charge in [-0.05, 0) is 12.5 Å². The van der Waals surface area contributed by atoms with Crippen LogP contribution in [-0.4, -0.2) is 24.5 Å². The average Bonchev–Trinajstić information content (AvgIpc) is 2.55. The van der Waals surface area contributed by atoms with Gasteiger partial charge in [-0.3, -0.25) is 14.9 Å². The zero-order chi connectivity index (χ0) is 17.2. The summed E-state index contributed by atoms with van der Waals surface area (Å²) >= 11 is 0. The summed E-state index contributed by atoms with van der Waals surface area (Å²) in [6.45, 7) is 2.47. The Morgan fingerprint density at radius 3 is 2.83 bits per heavy atom. The molecule has 0 aliphatic heterocycles. The molecule has 0 atom stereocenters. The minimum Gasteiger partial charge on any atom is -0.495 e. The standard InChI is InChI=1S/C15H18N4O4/c1-3-4-7-17-15(20)11(9-16)10-18-13-8-12(19(21)22)5-6-14(13)23-2/h5-6,8,10,18H,3-4,7H2,1-2H3,(H,17,20)/b11-10-. The Morgan fingerprint density at radius 1 is 1.52 bits per heavy atom. The number of carbonyl (C=O) groups is 1. The number of nitro groups is 1. The quantitative estimate of drug-likeness (QED) is 0.250. The molecule has 8 nitrogen and oxygen atoms in total. The number of carbonyl (C=O) groups excluding carboxylic acids is 1. The number of unbranched alkanes of at least 4 members (excludes halogenated alkanes) is 1. The molecular weight excluding hydrogens is 300 g/mol. The van der Waals surface area contributed by atoms with E-state index in [1.807, 2.05) is 6.92 Å². The van der Waals surface area contributed by atoms with Gasteiger partial charge in [-0.25, -0.2) is 0 Å². The van der Waals surface area contributed by atoms with Gasteiger partial charge in [0.1, 0.15) is 17.4 Å². The summed E-state index contributed by atoms with van der Waals surface area (Å²) in [5, 5.41) is 25.2. The van der Waals surface area contributed by atoms with Gasteiger partial charge < -0.3 is 15.4 Å². The van der Waals surface area contributed by atoms with Gasteiger partial charge in [-0.15, -0.1) is 0 Å². The molecule has 0 aliphatic rings. The van der Waals surface area contributed by atoms with Gasteiger partial charge in [0.25, 0.3) is 11.6 Å². The highest BCUT2D eigenvalue weighted by Crippen LogP contribution is 2.28. The van der Waals surface area contributed by atoms with Crippen LogP contribution in [0.4, 0.5) is 11.4 Å². The minimum absolute atomic E-state index is 0.130. The fourth-order valence-corrected chi connectivity index (χ4v) is 1.69. The van der Waals surface area contributed by atoms with Crippen LogP contribution >= 0.6 is 0 Å². The molecule has 0 unspecified atom stereocenters. The van der Waals surface area contributed by atoms with Crippen LogP contribution in [0.2, 0.25) is 0 Å². The van der Waals surface area contributed by atoms with Crippen LogP contribution in [0.1, 0.15) is 19.8 Å². The molecule has 1 rings (SSSR count). The number of anilines is 1. The summed E-state index contributed by atoms with van der Waals surface area (Å²) in [7, 11) is 1.42. The second kappa shape index (κ2) is 9.04. The lowest BCUT2D eigenvalue weighted by Gasteiger charge is -2.08. The number of nitrogens with one attached hydrogen (secondary N) is 2. The zero-order valence-corrected chi connectivity index (χ0v) is 13.0. The molecule has 23 heavy (non-hydrogen) atoms. The van der Waals surface area contributed by atoms with Gasteiger partial charge in [0.2, 0.25) is 0 Å². The largest absolute Gasteiger partial charge is 0.495 e. The van der Waals surface area contributed by atoms with E-state index in [0.29, 0.717) is 12.3 Å². The molecule has 0 heterocycles. The monoisotopic (exact) mass is 318 g/mol. The van der Waals surface area contributed by atoms with E-state index in [-0.39, 0.29) is 16.9 Å². The summed E-state index contributed by atoms with van der Waals surface area (Å²) in [6.07, 6.45) is 2.94. The molecule has 0 radical (unpaired) electrons. The summed E-state index contributed by atoms with van der Waals surface area (Å²) in [5.74, 6) is -0.145. The maximum Gasteiger partial charge on any atom is 0.271 e. The molecule has 0 fully saturated rings. The van der Waals surface area contributed by atoms with E-state index in [0.717, 1.165) is 12.8 Å². The summed E-state index contributed by atoms with van der Waals surface area (Å²) < 4.78 is 5.09. The summed E-state index contributed by atoms with van der Waals surface area (Å²) in [6, 6.07) is 5.78. The topological polar surface area (TPSA) is 117 Å². The predicted molar refractivity (Wildman–Crippen MR) is 84.9 cm³/mol. The van der Waals surface area contributed by atoms with Gasteiger partial charge >= 0.3 is 0 Å². The Balaban J connectivity index is 2.92. The van der Waals surface area contributed by atoms with Gasteiger partial charge in [-0.2, -0.15) is 5.26 Å². The SMILES string of the molecule is CCCCNC(=O)/C(C#N)=C\Nc1cc([N+](=O)[O-])ccc1OC. The predicted octanol–water partition coefficient (Wildman–Crippen LogP) is 2.34. The van der Waals surface area contributed by atoms with E-state index >= 15 is 0 Å². The van der Waals surface area contributed by atoms with Gasteiger partial charge in [0, 0.05) is 24.9 Å². The van der Waals surface area contributed by atoms with E-state index in [4.69, 9.17) is 10.00 Å². The summed E-state index contributed by atoms with van der Waals surface area (Å²) in [4.78, 5) is 22.1. The first kappa shape index (κ1) is 18.0. The van der Waals surface area contributed by atoms with E-state index in [9.17, 15) is 14.9 Å². The number of amides is 1. The van der Waals surface area contributed by atoms with Crippen LogP contribution in [0, 0.1) is 21.4 Å². The van der Waals surface area contributed by atoms with Gasteiger partial charge in [0.05, 0.1) is 17.7 Å².